The Bertz CT molecular complexity index is 608. The first kappa shape index (κ1) is 15.3. The molecule has 0 unspecified atom stereocenters. The zero-order valence-electron chi connectivity index (χ0n) is 12.6. The van der Waals surface area contributed by atoms with E-state index in [9.17, 15) is 4.79 Å². The van der Waals surface area contributed by atoms with Crippen LogP contribution in [0.2, 0.25) is 0 Å². The molecule has 0 atom stereocenters. The van der Waals surface area contributed by atoms with Gasteiger partial charge in [-0.3, -0.25) is 4.79 Å². The van der Waals surface area contributed by atoms with Crippen LogP contribution in [0, 0.1) is 0 Å². The van der Waals surface area contributed by atoms with Gasteiger partial charge in [-0.15, -0.1) is 0 Å². The maximum absolute atomic E-state index is 11.7. The van der Waals surface area contributed by atoms with Crippen molar-refractivity contribution < 1.29 is 9.53 Å². The van der Waals surface area contributed by atoms with Crippen molar-refractivity contribution in [3.05, 3.63) is 71.8 Å². The Balaban J connectivity index is 2.17. The molecule has 3 heteroatoms. The molecule has 0 N–H and O–H groups in total. The molecule has 1 aliphatic carbocycles. The van der Waals surface area contributed by atoms with Gasteiger partial charge in [-0.25, -0.2) is 0 Å². The van der Waals surface area contributed by atoms with Crippen LogP contribution in [0.4, 0.5) is 0 Å². The fourth-order valence-electron chi connectivity index (χ4n) is 3.32. The van der Waals surface area contributed by atoms with E-state index in [4.69, 9.17) is 4.74 Å². The summed E-state index contributed by atoms with van der Waals surface area (Å²) >= 11 is 3.99. The molecule has 2 aromatic rings. The van der Waals surface area contributed by atoms with Gasteiger partial charge in [0, 0.05) is 6.92 Å². The van der Waals surface area contributed by atoms with Crippen LogP contribution in [0.5, 0.6) is 0 Å². The Morgan fingerprint density at radius 2 is 1.45 bits per heavy atom. The average molecular weight is 359 g/mol. The van der Waals surface area contributed by atoms with Crippen LogP contribution in [-0.4, -0.2) is 11.6 Å². The van der Waals surface area contributed by atoms with Crippen LogP contribution in [0.3, 0.4) is 0 Å². The third-order valence-corrected chi connectivity index (χ3v) is 6.11. The van der Waals surface area contributed by atoms with Crippen LogP contribution in [0.1, 0.15) is 37.3 Å². The van der Waals surface area contributed by atoms with E-state index < -0.39 is 9.93 Å². The van der Waals surface area contributed by atoms with Gasteiger partial charge in [0.1, 0.15) is 9.93 Å². The molecular weight excluding hydrogens is 340 g/mol. The number of hydrogen-bond acceptors (Lipinski definition) is 2. The molecule has 22 heavy (non-hydrogen) atoms. The molecule has 1 saturated carbocycles. The molecule has 114 valence electrons. The van der Waals surface area contributed by atoms with Gasteiger partial charge >= 0.3 is 5.97 Å². The fourth-order valence-corrected chi connectivity index (χ4v) is 4.32. The van der Waals surface area contributed by atoms with Gasteiger partial charge in [-0.05, 0) is 30.4 Å². The molecule has 0 aromatic heterocycles. The summed E-state index contributed by atoms with van der Waals surface area (Å²) in [6.45, 7) is 1.49. The highest BCUT2D eigenvalue weighted by Crippen LogP contribution is 2.57. The lowest BCUT2D eigenvalue weighted by molar-refractivity contribution is -0.171. The summed E-state index contributed by atoms with van der Waals surface area (Å²) in [5.41, 5.74) is 1.70. The summed E-state index contributed by atoms with van der Waals surface area (Å²) < 4.78 is 5.34. The molecule has 0 amide bonds. The summed E-state index contributed by atoms with van der Waals surface area (Å²) in [5, 5.41) is 0. The minimum atomic E-state index is -0.526. The van der Waals surface area contributed by atoms with Crippen LogP contribution in [0.25, 0.3) is 0 Å². The number of alkyl halides is 1. The normalized spacial score (nSPS) is 16.6. The molecule has 0 heterocycles. The molecule has 1 aliphatic rings. The number of halogens is 1. The molecule has 0 saturated heterocycles. The third kappa shape index (κ3) is 2.38. The van der Waals surface area contributed by atoms with Gasteiger partial charge in [0.2, 0.25) is 0 Å². The Kier molecular flexibility index (Phi) is 4.09. The first-order valence-corrected chi connectivity index (χ1v) is 8.37. The quantitative estimate of drug-likeness (QED) is 0.578. The second-order valence-electron chi connectivity index (χ2n) is 5.83. The summed E-state index contributed by atoms with van der Waals surface area (Å²) in [6.07, 6.45) is 2.80. The first-order valence-electron chi connectivity index (χ1n) is 7.58. The van der Waals surface area contributed by atoms with Crippen molar-refractivity contribution >= 4 is 21.9 Å². The molecule has 2 nitrogen and oxygen atoms in total. The van der Waals surface area contributed by atoms with Crippen molar-refractivity contribution in [1.82, 2.24) is 0 Å². The van der Waals surface area contributed by atoms with E-state index in [1.807, 2.05) is 36.4 Å². The Morgan fingerprint density at radius 3 is 1.77 bits per heavy atom. The van der Waals surface area contributed by atoms with Gasteiger partial charge in [0.05, 0.1) is 0 Å². The van der Waals surface area contributed by atoms with E-state index in [-0.39, 0.29) is 5.97 Å². The number of carbonyl (C=O) groups is 1. The summed E-state index contributed by atoms with van der Waals surface area (Å²) in [7, 11) is 0. The van der Waals surface area contributed by atoms with Crippen molar-refractivity contribution in [2.45, 2.75) is 36.1 Å². The monoisotopic (exact) mass is 358 g/mol. The number of carbonyl (C=O) groups excluding carboxylic acids is 1. The molecule has 2 aromatic carbocycles. The molecule has 0 radical (unpaired) electrons. The fraction of sp³-hybridized carbons (Fsp3) is 0.316. The van der Waals surface area contributed by atoms with E-state index in [1.165, 1.54) is 6.92 Å². The first-order chi connectivity index (χ1) is 10.6. The predicted molar refractivity (Wildman–Crippen MR) is 90.9 cm³/mol. The second kappa shape index (κ2) is 5.88. The topological polar surface area (TPSA) is 26.3 Å². The lowest BCUT2D eigenvalue weighted by Gasteiger charge is -2.52. The highest BCUT2D eigenvalue weighted by atomic mass is 79.9. The predicted octanol–water partition coefficient (Wildman–Crippen LogP) is 4.81. The van der Waals surface area contributed by atoms with Gasteiger partial charge in [0.25, 0.3) is 0 Å². The smallest absolute Gasteiger partial charge is 0.303 e. The van der Waals surface area contributed by atoms with Gasteiger partial charge in [0.15, 0.2) is 0 Å². The van der Waals surface area contributed by atoms with Crippen molar-refractivity contribution in [1.29, 1.82) is 0 Å². The van der Waals surface area contributed by atoms with Crippen LogP contribution < -0.4 is 0 Å². The van der Waals surface area contributed by atoms with E-state index >= 15 is 0 Å². The van der Waals surface area contributed by atoms with Gasteiger partial charge in [-0.2, -0.15) is 0 Å². The number of benzene rings is 2. The Hall–Kier alpha value is -1.61. The zero-order chi connectivity index (χ0) is 15.6. The number of hydrogen-bond donors (Lipinski definition) is 0. The van der Waals surface area contributed by atoms with Gasteiger partial charge in [-0.1, -0.05) is 76.6 Å². The van der Waals surface area contributed by atoms with E-state index in [1.54, 1.807) is 0 Å². The Morgan fingerprint density at radius 1 is 1.00 bits per heavy atom. The maximum atomic E-state index is 11.7. The van der Waals surface area contributed by atoms with Crippen molar-refractivity contribution in [2.24, 2.45) is 0 Å². The molecular formula is C19H19BrO2. The molecule has 1 fully saturated rings. The summed E-state index contributed by atoms with van der Waals surface area (Å²) in [5.74, 6) is -0.226. The minimum Gasteiger partial charge on any atom is -0.457 e. The van der Waals surface area contributed by atoms with Crippen LogP contribution in [0.15, 0.2) is 60.7 Å². The molecule has 0 bridgehead atoms. The van der Waals surface area contributed by atoms with E-state index in [0.717, 1.165) is 30.4 Å². The van der Waals surface area contributed by atoms with E-state index in [0.29, 0.717) is 0 Å². The Labute approximate surface area is 139 Å². The summed E-state index contributed by atoms with van der Waals surface area (Å²) in [6, 6.07) is 20.4. The van der Waals surface area contributed by atoms with E-state index in [2.05, 4.69) is 40.2 Å². The number of esters is 1. The lowest BCUT2D eigenvalue weighted by Crippen LogP contribution is -2.56. The van der Waals surface area contributed by atoms with Gasteiger partial charge < -0.3 is 4.74 Å². The van der Waals surface area contributed by atoms with Crippen LogP contribution >= 0.6 is 15.9 Å². The largest absolute Gasteiger partial charge is 0.457 e. The third-order valence-electron chi connectivity index (χ3n) is 4.47. The van der Waals surface area contributed by atoms with Crippen molar-refractivity contribution in [3.63, 3.8) is 0 Å². The SMILES string of the molecule is CC(=O)OC1(C(Br)(c2ccccc2)c2ccccc2)CCC1. The lowest BCUT2D eigenvalue weighted by atomic mass is 9.65. The average Bonchev–Trinajstić information content (AvgIpc) is 2.51. The van der Waals surface area contributed by atoms with Crippen LogP contribution in [-0.2, 0) is 13.9 Å². The number of ether oxygens (including phenoxy) is 1. The highest BCUT2D eigenvalue weighted by Gasteiger charge is 2.58. The molecule has 0 spiro atoms. The van der Waals surface area contributed by atoms with Crippen molar-refractivity contribution in [2.75, 3.05) is 0 Å². The number of rotatable bonds is 4. The molecule has 3 rings (SSSR count). The second-order valence-corrected chi connectivity index (χ2v) is 7.02. The maximum Gasteiger partial charge on any atom is 0.303 e. The highest BCUT2D eigenvalue weighted by molar-refractivity contribution is 9.09. The minimum absolute atomic E-state index is 0.226. The standard InChI is InChI=1S/C19H19BrO2/c1-15(21)22-18(13-8-14-18)19(20,16-9-4-2-5-10-16)17-11-6-3-7-12-17/h2-7,9-12H,8,13-14H2,1H3. The summed E-state index contributed by atoms with van der Waals surface area (Å²) in [4.78, 5) is 11.7. The van der Waals surface area contributed by atoms with Crippen molar-refractivity contribution in [3.8, 4) is 0 Å². The zero-order valence-corrected chi connectivity index (χ0v) is 14.2. The molecule has 0 aliphatic heterocycles.